The number of thioether (sulfide) groups is 1. The minimum atomic E-state index is -0.0444. The van der Waals surface area contributed by atoms with Crippen LogP contribution in [0.5, 0.6) is 0 Å². The number of amides is 2. The van der Waals surface area contributed by atoms with Crippen molar-refractivity contribution in [2.24, 2.45) is 5.92 Å². The number of likely N-dealkylation sites (N-methyl/N-ethyl adjacent to an activating group) is 1. The monoisotopic (exact) mass is 482 g/mol. The van der Waals surface area contributed by atoms with E-state index >= 15 is 0 Å². The van der Waals surface area contributed by atoms with Gasteiger partial charge in [0.05, 0.1) is 10.6 Å². The third-order valence-corrected chi connectivity index (χ3v) is 8.12. The Hall–Kier alpha value is -3.31. The van der Waals surface area contributed by atoms with Crippen LogP contribution in [-0.2, 0) is 11.2 Å². The van der Waals surface area contributed by atoms with E-state index in [1.165, 1.54) is 17.3 Å². The fourth-order valence-corrected chi connectivity index (χ4v) is 5.97. The summed E-state index contributed by atoms with van der Waals surface area (Å²) in [4.78, 5) is 31.7. The maximum absolute atomic E-state index is 13.3. The molecule has 2 aliphatic rings. The molecule has 178 valence electrons. The third-order valence-electron chi connectivity index (χ3n) is 7.05. The lowest BCUT2D eigenvalue weighted by atomic mass is 9.90. The molecular weight excluding hydrogens is 452 g/mol. The Kier molecular flexibility index (Phi) is 6.78. The zero-order valence-corrected chi connectivity index (χ0v) is 21.1. The van der Waals surface area contributed by atoms with Crippen LogP contribution in [0.2, 0.25) is 0 Å². The first-order valence-electron chi connectivity index (χ1n) is 12.2. The van der Waals surface area contributed by atoms with Crippen LogP contribution in [0.25, 0.3) is 6.08 Å². The Balaban J connectivity index is 1.28. The van der Waals surface area contributed by atoms with E-state index in [1.807, 2.05) is 66.4 Å². The Morgan fingerprint density at radius 2 is 1.71 bits per heavy atom. The van der Waals surface area contributed by atoms with Gasteiger partial charge in [-0.05, 0) is 73.1 Å². The second-order valence-electron chi connectivity index (χ2n) is 9.44. The summed E-state index contributed by atoms with van der Waals surface area (Å²) in [5, 5.41) is 0. The van der Waals surface area contributed by atoms with Gasteiger partial charge in [-0.15, -0.1) is 0 Å². The van der Waals surface area contributed by atoms with Crippen molar-refractivity contribution in [1.29, 1.82) is 0 Å². The smallest absolute Gasteiger partial charge is 0.264 e. The summed E-state index contributed by atoms with van der Waals surface area (Å²) in [5.74, 6) is 0.624. The van der Waals surface area contributed by atoms with Gasteiger partial charge in [0.15, 0.2) is 0 Å². The van der Waals surface area contributed by atoms with Gasteiger partial charge in [0, 0.05) is 30.6 Å². The van der Waals surface area contributed by atoms with Gasteiger partial charge in [-0.1, -0.05) is 66.4 Å². The number of rotatable bonds is 4. The van der Waals surface area contributed by atoms with Crippen LogP contribution in [0.4, 0.5) is 5.69 Å². The lowest BCUT2D eigenvalue weighted by Crippen LogP contribution is -2.39. The Morgan fingerprint density at radius 3 is 2.46 bits per heavy atom. The zero-order chi connectivity index (χ0) is 24.4. The van der Waals surface area contributed by atoms with Crippen molar-refractivity contribution in [1.82, 2.24) is 4.90 Å². The summed E-state index contributed by atoms with van der Waals surface area (Å²) in [5.41, 5.74) is 5.00. The highest BCUT2D eigenvalue weighted by Gasteiger charge is 2.29. The summed E-state index contributed by atoms with van der Waals surface area (Å²) in [6.07, 6.45) is 5.07. The van der Waals surface area contributed by atoms with E-state index in [0.29, 0.717) is 16.4 Å². The van der Waals surface area contributed by atoms with Gasteiger partial charge in [0.25, 0.3) is 11.8 Å². The number of carbonyl (C=O) groups excluding carboxylic acids is 2. The summed E-state index contributed by atoms with van der Waals surface area (Å²) in [6, 6.07) is 24.4. The minimum Gasteiger partial charge on any atom is -0.339 e. The number of piperidine rings is 1. The summed E-state index contributed by atoms with van der Waals surface area (Å²) < 4.78 is 0. The van der Waals surface area contributed by atoms with Crippen molar-refractivity contribution < 1.29 is 9.59 Å². The molecule has 3 aromatic rings. The molecular formula is C30H30N2O2S. The van der Waals surface area contributed by atoms with E-state index in [9.17, 15) is 9.59 Å². The first-order chi connectivity index (χ1) is 17.0. The molecule has 2 amide bonds. The molecule has 3 aromatic carbocycles. The molecule has 5 rings (SSSR count). The molecule has 0 aliphatic carbocycles. The first-order valence-corrected chi connectivity index (χ1v) is 13.0. The molecule has 0 saturated carbocycles. The Morgan fingerprint density at radius 1 is 1.00 bits per heavy atom. The molecule has 0 atom stereocenters. The number of benzene rings is 3. The van der Waals surface area contributed by atoms with Gasteiger partial charge in [0.2, 0.25) is 0 Å². The zero-order valence-electron chi connectivity index (χ0n) is 20.2. The van der Waals surface area contributed by atoms with Crippen molar-refractivity contribution in [3.63, 3.8) is 0 Å². The van der Waals surface area contributed by atoms with Gasteiger partial charge in [-0.3, -0.25) is 9.59 Å². The topological polar surface area (TPSA) is 40.6 Å². The predicted molar refractivity (Wildman–Crippen MR) is 144 cm³/mol. The van der Waals surface area contributed by atoms with Gasteiger partial charge in [0.1, 0.15) is 0 Å². The van der Waals surface area contributed by atoms with Crippen LogP contribution in [0, 0.1) is 12.8 Å². The average Bonchev–Trinajstić information content (AvgIpc) is 2.89. The van der Waals surface area contributed by atoms with Crippen LogP contribution in [-0.4, -0.2) is 36.9 Å². The molecule has 0 radical (unpaired) electrons. The second-order valence-corrected chi connectivity index (χ2v) is 10.5. The minimum absolute atomic E-state index is 0.0444. The van der Waals surface area contributed by atoms with E-state index in [2.05, 4.69) is 24.3 Å². The van der Waals surface area contributed by atoms with Crippen LogP contribution in [0.3, 0.4) is 0 Å². The lowest BCUT2D eigenvalue weighted by molar-refractivity contribution is -0.114. The largest absolute Gasteiger partial charge is 0.339 e. The van der Waals surface area contributed by atoms with Crippen LogP contribution in [0.1, 0.15) is 39.9 Å². The van der Waals surface area contributed by atoms with Gasteiger partial charge in [-0.2, -0.15) is 0 Å². The van der Waals surface area contributed by atoms with Gasteiger partial charge >= 0.3 is 0 Å². The number of anilines is 1. The molecule has 1 fully saturated rings. The van der Waals surface area contributed by atoms with Crippen molar-refractivity contribution >= 4 is 35.3 Å². The quantitative estimate of drug-likeness (QED) is 0.416. The van der Waals surface area contributed by atoms with Crippen molar-refractivity contribution in [2.75, 3.05) is 25.0 Å². The van der Waals surface area contributed by atoms with E-state index in [1.54, 1.807) is 11.9 Å². The summed E-state index contributed by atoms with van der Waals surface area (Å²) in [6.45, 7) is 3.60. The predicted octanol–water partition coefficient (Wildman–Crippen LogP) is 6.20. The molecule has 0 spiro atoms. The number of nitrogens with zero attached hydrogens (tertiary/aromatic N) is 2. The standard InChI is InChI=1S/C30H30N2O2S/c1-21-8-6-7-11-24(21)20-28-30(34)31(2)26-19-25(12-13-27(26)35-28)29(33)32-16-14-23(15-17-32)18-22-9-4-3-5-10-22/h3-13,19-20,23H,14-18H2,1-2H3. The number of carbonyl (C=O) groups is 2. The van der Waals surface area contributed by atoms with Crippen molar-refractivity contribution in [3.05, 3.63) is 100.0 Å². The fourth-order valence-electron chi connectivity index (χ4n) is 4.89. The number of likely N-dealkylation sites (tertiary alicyclic amines) is 1. The van der Waals surface area contributed by atoms with Crippen LogP contribution >= 0.6 is 11.8 Å². The summed E-state index contributed by atoms with van der Waals surface area (Å²) >= 11 is 1.47. The molecule has 5 heteroatoms. The highest BCUT2D eigenvalue weighted by atomic mass is 32.2. The van der Waals surface area contributed by atoms with Gasteiger partial charge < -0.3 is 9.80 Å². The highest BCUT2D eigenvalue weighted by Crippen LogP contribution is 2.42. The third kappa shape index (κ3) is 5.06. The molecule has 0 aromatic heterocycles. The van der Waals surface area contributed by atoms with Crippen molar-refractivity contribution in [3.8, 4) is 0 Å². The van der Waals surface area contributed by atoms with E-state index in [-0.39, 0.29) is 11.8 Å². The van der Waals surface area contributed by atoms with E-state index < -0.39 is 0 Å². The van der Waals surface area contributed by atoms with Crippen LogP contribution < -0.4 is 4.90 Å². The molecule has 2 heterocycles. The average molecular weight is 483 g/mol. The number of aryl methyl sites for hydroxylation is 1. The Bertz CT molecular complexity index is 1280. The number of hydrogen-bond acceptors (Lipinski definition) is 3. The maximum Gasteiger partial charge on any atom is 0.264 e. The molecule has 2 aliphatic heterocycles. The lowest BCUT2D eigenvalue weighted by Gasteiger charge is -2.33. The van der Waals surface area contributed by atoms with Crippen molar-refractivity contribution in [2.45, 2.75) is 31.1 Å². The summed E-state index contributed by atoms with van der Waals surface area (Å²) in [7, 11) is 1.79. The van der Waals surface area contributed by atoms with E-state index in [0.717, 1.165) is 54.1 Å². The number of hydrogen-bond donors (Lipinski definition) is 0. The normalized spacial score (nSPS) is 17.5. The molecule has 0 unspecified atom stereocenters. The van der Waals surface area contributed by atoms with E-state index in [4.69, 9.17) is 0 Å². The second kappa shape index (κ2) is 10.1. The molecule has 4 nitrogen and oxygen atoms in total. The number of fused-ring (bicyclic) bond motifs is 1. The fraction of sp³-hybridized carbons (Fsp3) is 0.267. The molecule has 35 heavy (non-hydrogen) atoms. The first kappa shape index (κ1) is 23.4. The molecule has 0 bridgehead atoms. The molecule has 0 N–H and O–H groups in total. The maximum atomic E-state index is 13.3. The van der Waals surface area contributed by atoms with Crippen LogP contribution in [0.15, 0.2) is 82.6 Å². The Labute approximate surface area is 211 Å². The SMILES string of the molecule is Cc1ccccc1C=C1Sc2ccc(C(=O)N3CCC(Cc4ccccc4)CC3)cc2N(C)C1=O. The van der Waals surface area contributed by atoms with Gasteiger partial charge in [-0.25, -0.2) is 0 Å². The molecule has 1 saturated heterocycles. The highest BCUT2D eigenvalue weighted by molar-refractivity contribution is 8.04.